The van der Waals surface area contributed by atoms with Crippen LogP contribution in [0.5, 0.6) is 17.2 Å². The lowest BCUT2D eigenvalue weighted by Crippen LogP contribution is -2.53. The van der Waals surface area contributed by atoms with Gasteiger partial charge in [-0.2, -0.15) is 0 Å². The van der Waals surface area contributed by atoms with E-state index in [1.54, 1.807) is 43.3 Å². The van der Waals surface area contributed by atoms with Gasteiger partial charge in [-0.1, -0.05) is 29.3 Å². The Hall–Kier alpha value is -2.64. The summed E-state index contributed by atoms with van der Waals surface area (Å²) in [6.07, 6.45) is 0. The zero-order valence-corrected chi connectivity index (χ0v) is 21.2. The van der Waals surface area contributed by atoms with E-state index in [0.717, 1.165) is 0 Å². The number of nitrogens with zero attached hydrogens (tertiary/aromatic N) is 1. The molecule has 7 nitrogen and oxygen atoms in total. The Kier molecular flexibility index (Phi) is 9.25. The second kappa shape index (κ2) is 11.5. The molecular formula is C24H30Cl2N2O5. The average Bonchev–Trinajstić information content (AvgIpc) is 2.75. The monoisotopic (exact) mass is 496 g/mol. The van der Waals surface area contributed by atoms with Gasteiger partial charge in [0.2, 0.25) is 5.91 Å². The smallest absolute Gasteiger partial charge is 0.261 e. The summed E-state index contributed by atoms with van der Waals surface area (Å²) in [7, 11) is 3.05. The van der Waals surface area contributed by atoms with E-state index in [9.17, 15) is 9.59 Å². The van der Waals surface area contributed by atoms with Crippen LogP contribution in [-0.2, 0) is 16.1 Å². The number of hydrogen-bond donors (Lipinski definition) is 1. The van der Waals surface area contributed by atoms with Crippen LogP contribution in [0, 0.1) is 0 Å². The SMILES string of the molecule is COc1cc(OC)cc(OCC(=O)N(Cc2ccc(Cl)cc2Cl)C(C)C(=O)NC(C)(C)C)c1. The van der Waals surface area contributed by atoms with Crippen molar-refractivity contribution in [1.82, 2.24) is 10.2 Å². The summed E-state index contributed by atoms with van der Waals surface area (Å²) in [5, 5.41) is 3.79. The average molecular weight is 497 g/mol. The Balaban J connectivity index is 2.26. The maximum atomic E-state index is 13.2. The van der Waals surface area contributed by atoms with Crippen molar-refractivity contribution in [1.29, 1.82) is 0 Å². The molecule has 0 aliphatic carbocycles. The van der Waals surface area contributed by atoms with Crippen LogP contribution < -0.4 is 19.5 Å². The van der Waals surface area contributed by atoms with Crippen molar-refractivity contribution < 1.29 is 23.8 Å². The molecule has 0 fully saturated rings. The minimum absolute atomic E-state index is 0.109. The summed E-state index contributed by atoms with van der Waals surface area (Å²) < 4.78 is 16.2. The lowest BCUT2D eigenvalue weighted by atomic mass is 10.1. The third kappa shape index (κ3) is 8.02. The van der Waals surface area contributed by atoms with Gasteiger partial charge in [-0.25, -0.2) is 0 Å². The number of nitrogens with one attached hydrogen (secondary N) is 1. The van der Waals surface area contributed by atoms with E-state index < -0.39 is 11.6 Å². The molecule has 1 atom stereocenters. The summed E-state index contributed by atoms with van der Waals surface area (Å²) in [6.45, 7) is 7.10. The van der Waals surface area contributed by atoms with Gasteiger partial charge in [-0.3, -0.25) is 9.59 Å². The number of halogens is 2. The van der Waals surface area contributed by atoms with Crippen LogP contribution in [0.2, 0.25) is 10.0 Å². The normalized spacial score (nSPS) is 12.0. The number of ether oxygens (including phenoxy) is 3. The highest BCUT2D eigenvalue weighted by Crippen LogP contribution is 2.28. The standard InChI is InChI=1S/C24H30Cl2N2O5/c1-15(23(30)27-24(2,3)4)28(13-16-7-8-17(25)9-21(16)26)22(29)14-33-20-11-18(31-5)10-19(12-20)32-6/h7-12,15H,13-14H2,1-6H3,(H,27,30). The largest absolute Gasteiger partial charge is 0.496 e. The molecule has 0 aliphatic heterocycles. The maximum absolute atomic E-state index is 13.2. The number of hydrogen-bond acceptors (Lipinski definition) is 5. The van der Waals surface area contributed by atoms with Gasteiger partial charge in [-0.05, 0) is 45.4 Å². The number of carbonyl (C=O) groups excluding carboxylic acids is 2. The second-order valence-electron chi connectivity index (χ2n) is 8.51. The summed E-state index contributed by atoms with van der Waals surface area (Å²) >= 11 is 12.3. The van der Waals surface area contributed by atoms with E-state index in [-0.39, 0.29) is 25.0 Å². The van der Waals surface area contributed by atoms with E-state index in [2.05, 4.69) is 5.32 Å². The van der Waals surface area contributed by atoms with Crippen LogP contribution >= 0.6 is 23.2 Å². The van der Waals surface area contributed by atoms with Crippen LogP contribution in [0.4, 0.5) is 0 Å². The topological polar surface area (TPSA) is 77.1 Å². The van der Waals surface area contributed by atoms with Crippen molar-refractivity contribution in [2.24, 2.45) is 0 Å². The van der Waals surface area contributed by atoms with Crippen molar-refractivity contribution in [3.63, 3.8) is 0 Å². The number of rotatable bonds is 9. The zero-order chi connectivity index (χ0) is 24.8. The lowest BCUT2D eigenvalue weighted by Gasteiger charge is -2.31. The number of carbonyl (C=O) groups is 2. The summed E-state index contributed by atoms with van der Waals surface area (Å²) in [4.78, 5) is 27.5. The van der Waals surface area contributed by atoms with Crippen molar-refractivity contribution in [3.8, 4) is 17.2 Å². The van der Waals surface area contributed by atoms with Crippen LogP contribution in [0.1, 0.15) is 33.3 Å². The second-order valence-corrected chi connectivity index (χ2v) is 9.35. The first-order valence-electron chi connectivity index (χ1n) is 10.3. The Labute approximate surface area is 204 Å². The highest BCUT2D eigenvalue weighted by atomic mass is 35.5. The van der Waals surface area contributed by atoms with E-state index in [1.165, 1.54) is 19.1 Å². The fraction of sp³-hybridized carbons (Fsp3) is 0.417. The van der Waals surface area contributed by atoms with E-state index in [0.29, 0.717) is 32.9 Å². The highest BCUT2D eigenvalue weighted by Gasteiger charge is 2.29. The molecule has 2 aromatic rings. The fourth-order valence-electron chi connectivity index (χ4n) is 2.98. The minimum atomic E-state index is -0.771. The Morgan fingerprint density at radius 2 is 1.58 bits per heavy atom. The molecule has 0 heterocycles. The van der Waals surface area contributed by atoms with Crippen molar-refractivity contribution in [3.05, 3.63) is 52.0 Å². The van der Waals surface area contributed by atoms with Gasteiger partial charge >= 0.3 is 0 Å². The molecule has 0 aliphatic rings. The molecule has 0 saturated carbocycles. The lowest BCUT2D eigenvalue weighted by molar-refractivity contribution is -0.142. The van der Waals surface area contributed by atoms with Crippen LogP contribution in [-0.4, -0.2) is 49.1 Å². The van der Waals surface area contributed by atoms with Gasteiger partial charge in [-0.15, -0.1) is 0 Å². The van der Waals surface area contributed by atoms with Crippen molar-refractivity contribution >= 4 is 35.0 Å². The van der Waals surface area contributed by atoms with Gasteiger partial charge in [0.05, 0.1) is 14.2 Å². The summed E-state index contributed by atoms with van der Waals surface area (Å²) in [5.41, 5.74) is 0.207. The van der Waals surface area contributed by atoms with Gasteiger partial charge in [0.25, 0.3) is 5.91 Å². The predicted molar refractivity (Wildman–Crippen MR) is 129 cm³/mol. The molecule has 0 saturated heterocycles. The fourth-order valence-corrected chi connectivity index (χ4v) is 3.45. The number of benzene rings is 2. The van der Waals surface area contributed by atoms with E-state index in [4.69, 9.17) is 37.4 Å². The molecule has 2 amide bonds. The Morgan fingerprint density at radius 1 is 1.00 bits per heavy atom. The van der Waals surface area contributed by atoms with Crippen LogP contribution in [0.3, 0.4) is 0 Å². The maximum Gasteiger partial charge on any atom is 0.261 e. The highest BCUT2D eigenvalue weighted by molar-refractivity contribution is 6.35. The Bertz CT molecular complexity index is 969. The quantitative estimate of drug-likeness (QED) is 0.543. The first-order chi connectivity index (χ1) is 15.4. The molecule has 0 bridgehead atoms. The number of methoxy groups -OCH3 is 2. The first kappa shape index (κ1) is 26.6. The van der Waals surface area contributed by atoms with Gasteiger partial charge in [0, 0.05) is 40.3 Å². The summed E-state index contributed by atoms with van der Waals surface area (Å²) in [6, 6.07) is 9.23. The van der Waals surface area contributed by atoms with Gasteiger partial charge < -0.3 is 24.4 Å². The summed E-state index contributed by atoms with van der Waals surface area (Å²) in [5.74, 6) is 0.776. The van der Waals surface area contributed by atoms with E-state index in [1.807, 2.05) is 20.8 Å². The molecule has 0 spiro atoms. The zero-order valence-electron chi connectivity index (χ0n) is 19.7. The molecule has 2 rings (SSSR count). The molecule has 33 heavy (non-hydrogen) atoms. The van der Waals surface area contributed by atoms with Crippen molar-refractivity contribution in [2.45, 2.75) is 45.8 Å². The van der Waals surface area contributed by atoms with E-state index >= 15 is 0 Å². The predicted octanol–water partition coefficient (Wildman–Crippen LogP) is 4.72. The Morgan fingerprint density at radius 3 is 2.09 bits per heavy atom. The molecule has 180 valence electrons. The number of amides is 2. The molecule has 2 aromatic carbocycles. The molecule has 0 aromatic heterocycles. The molecular weight excluding hydrogens is 467 g/mol. The molecule has 1 N–H and O–H groups in total. The van der Waals surface area contributed by atoms with Crippen LogP contribution in [0.25, 0.3) is 0 Å². The minimum Gasteiger partial charge on any atom is -0.496 e. The molecule has 1 unspecified atom stereocenters. The third-order valence-corrected chi connectivity index (χ3v) is 5.30. The molecule has 9 heteroatoms. The third-order valence-electron chi connectivity index (χ3n) is 4.71. The van der Waals surface area contributed by atoms with Gasteiger partial charge in [0.15, 0.2) is 6.61 Å². The van der Waals surface area contributed by atoms with Gasteiger partial charge in [0.1, 0.15) is 23.3 Å². The first-order valence-corrected chi connectivity index (χ1v) is 11.1. The van der Waals surface area contributed by atoms with Crippen LogP contribution in [0.15, 0.2) is 36.4 Å². The van der Waals surface area contributed by atoms with Crippen molar-refractivity contribution in [2.75, 3.05) is 20.8 Å². The molecule has 0 radical (unpaired) electrons.